The van der Waals surface area contributed by atoms with Crippen LogP contribution in [0.1, 0.15) is 20.3 Å². The van der Waals surface area contributed by atoms with Crippen molar-refractivity contribution in [1.82, 2.24) is 24.7 Å². The van der Waals surface area contributed by atoms with Crippen LogP contribution in [0.25, 0.3) is 11.4 Å². The maximum Gasteiger partial charge on any atom is 0.321 e. The number of rotatable bonds is 5. The standard InChI is InChI=1S/C11H14ClN5O/c1-3-5-17-7-8(6-13-17)9-14-10(12)16-11(15-9)18-4-2/h6-7H,3-5H2,1-2H3. The summed E-state index contributed by atoms with van der Waals surface area (Å²) in [5.74, 6) is 0.473. The number of aryl methyl sites for hydroxylation is 1. The molecule has 0 aliphatic carbocycles. The zero-order valence-corrected chi connectivity index (χ0v) is 11.1. The van der Waals surface area contributed by atoms with Crippen molar-refractivity contribution < 1.29 is 4.74 Å². The lowest BCUT2D eigenvalue weighted by Gasteiger charge is -2.02. The molecule has 0 atom stereocenters. The van der Waals surface area contributed by atoms with E-state index in [1.165, 1.54) is 0 Å². The van der Waals surface area contributed by atoms with E-state index in [0.29, 0.717) is 12.4 Å². The van der Waals surface area contributed by atoms with Crippen LogP contribution < -0.4 is 4.74 Å². The SMILES string of the molecule is CCCn1cc(-c2nc(Cl)nc(OCC)n2)cn1. The number of hydrogen-bond acceptors (Lipinski definition) is 5. The molecule has 96 valence electrons. The Morgan fingerprint density at radius 2 is 2.11 bits per heavy atom. The second-order valence-electron chi connectivity index (χ2n) is 3.64. The molecular weight excluding hydrogens is 254 g/mol. The van der Waals surface area contributed by atoms with E-state index in [2.05, 4.69) is 27.0 Å². The lowest BCUT2D eigenvalue weighted by molar-refractivity contribution is 0.312. The molecule has 0 spiro atoms. The van der Waals surface area contributed by atoms with E-state index in [0.717, 1.165) is 18.5 Å². The predicted octanol–water partition coefficient (Wildman–Crippen LogP) is 2.20. The Kier molecular flexibility index (Phi) is 4.09. The van der Waals surface area contributed by atoms with Gasteiger partial charge in [0.05, 0.1) is 18.4 Å². The molecule has 0 bridgehead atoms. The molecule has 6 nitrogen and oxygen atoms in total. The first-order valence-corrected chi connectivity index (χ1v) is 6.18. The number of nitrogens with zero attached hydrogens (tertiary/aromatic N) is 5. The van der Waals surface area contributed by atoms with Gasteiger partial charge in [-0.1, -0.05) is 6.92 Å². The molecule has 0 aliphatic rings. The highest BCUT2D eigenvalue weighted by Crippen LogP contribution is 2.18. The van der Waals surface area contributed by atoms with Gasteiger partial charge in [0.25, 0.3) is 0 Å². The number of ether oxygens (including phenoxy) is 1. The maximum absolute atomic E-state index is 5.83. The summed E-state index contributed by atoms with van der Waals surface area (Å²) in [6.07, 6.45) is 4.60. The molecule has 2 aromatic heterocycles. The predicted molar refractivity (Wildman–Crippen MR) is 67.5 cm³/mol. The fourth-order valence-corrected chi connectivity index (χ4v) is 1.64. The molecule has 0 saturated carbocycles. The minimum absolute atomic E-state index is 0.117. The normalized spacial score (nSPS) is 10.6. The van der Waals surface area contributed by atoms with Gasteiger partial charge in [-0.3, -0.25) is 4.68 Å². The third-order valence-electron chi connectivity index (χ3n) is 2.21. The summed E-state index contributed by atoms with van der Waals surface area (Å²) < 4.78 is 7.07. The molecule has 2 heterocycles. The quantitative estimate of drug-likeness (QED) is 0.831. The third kappa shape index (κ3) is 2.95. The van der Waals surface area contributed by atoms with Crippen LogP contribution in [0.3, 0.4) is 0 Å². The van der Waals surface area contributed by atoms with Gasteiger partial charge in [-0.25, -0.2) is 0 Å². The van der Waals surface area contributed by atoms with Crippen LogP contribution in [-0.2, 0) is 6.54 Å². The highest BCUT2D eigenvalue weighted by Gasteiger charge is 2.09. The zero-order valence-electron chi connectivity index (χ0n) is 10.3. The van der Waals surface area contributed by atoms with Crippen molar-refractivity contribution in [3.63, 3.8) is 0 Å². The molecule has 0 fully saturated rings. The summed E-state index contributed by atoms with van der Waals surface area (Å²) in [5.41, 5.74) is 0.800. The second kappa shape index (κ2) is 5.77. The van der Waals surface area contributed by atoms with E-state index in [4.69, 9.17) is 16.3 Å². The number of hydrogen-bond donors (Lipinski definition) is 0. The smallest absolute Gasteiger partial charge is 0.321 e. The Bertz CT molecular complexity index is 528. The zero-order chi connectivity index (χ0) is 13.0. The van der Waals surface area contributed by atoms with Crippen molar-refractivity contribution in [2.45, 2.75) is 26.8 Å². The highest BCUT2D eigenvalue weighted by atomic mass is 35.5. The minimum atomic E-state index is 0.117. The van der Waals surface area contributed by atoms with E-state index in [9.17, 15) is 0 Å². The maximum atomic E-state index is 5.83. The van der Waals surface area contributed by atoms with Crippen molar-refractivity contribution in [3.8, 4) is 17.4 Å². The topological polar surface area (TPSA) is 65.7 Å². The van der Waals surface area contributed by atoms with Crippen LogP contribution in [0, 0.1) is 0 Å². The fraction of sp³-hybridized carbons (Fsp3) is 0.455. The molecule has 0 N–H and O–H groups in total. The summed E-state index contributed by atoms with van der Waals surface area (Å²) in [6, 6.07) is 0.232. The number of aromatic nitrogens is 5. The van der Waals surface area contributed by atoms with Crippen molar-refractivity contribution in [3.05, 3.63) is 17.7 Å². The molecule has 0 saturated heterocycles. The van der Waals surface area contributed by atoms with Gasteiger partial charge in [0.15, 0.2) is 5.82 Å². The van der Waals surface area contributed by atoms with Crippen LogP contribution >= 0.6 is 11.6 Å². The molecule has 0 aliphatic heterocycles. The fourth-order valence-electron chi connectivity index (χ4n) is 1.49. The van der Waals surface area contributed by atoms with E-state index in [1.807, 2.05) is 17.8 Å². The van der Waals surface area contributed by atoms with Gasteiger partial charge in [0, 0.05) is 12.7 Å². The third-order valence-corrected chi connectivity index (χ3v) is 2.37. The average Bonchev–Trinajstić information content (AvgIpc) is 2.78. The molecular formula is C11H14ClN5O. The van der Waals surface area contributed by atoms with E-state index in [-0.39, 0.29) is 11.3 Å². The van der Waals surface area contributed by atoms with Gasteiger partial charge in [-0.05, 0) is 24.9 Å². The van der Waals surface area contributed by atoms with Gasteiger partial charge >= 0.3 is 6.01 Å². The van der Waals surface area contributed by atoms with Crippen LogP contribution in [0.2, 0.25) is 5.28 Å². The lowest BCUT2D eigenvalue weighted by Crippen LogP contribution is -2.01. The molecule has 2 rings (SSSR count). The van der Waals surface area contributed by atoms with Gasteiger partial charge in [0.1, 0.15) is 0 Å². The average molecular weight is 268 g/mol. The first kappa shape index (κ1) is 12.8. The van der Waals surface area contributed by atoms with E-state index in [1.54, 1.807) is 6.20 Å². The van der Waals surface area contributed by atoms with E-state index >= 15 is 0 Å². The summed E-state index contributed by atoms with van der Waals surface area (Å²) in [6.45, 7) is 5.29. The van der Waals surface area contributed by atoms with Gasteiger partial charge in [0.2, 0.25) is 5.28 Å². The summed E-state index contributed by atoms with van der Waals surface area (Å²) in [5, 5.41) is 4.34. The molecule has 0 aromatic carbocycles. The molecule has 7 heteroatoms. The Morgan fingerprint density at radius 1 is 1.28 bits per heavy atom. The Balaban J connectivity index is 2.30. The van der Waals surface area contributed by atoms with Crippen LogP contribution in [0.4, 0.5) is 0 Å². The highest BCUT2D eigenvalue weighted by molar-refractivity contribution is 6.28. The molecule has 2 aromatic rings. The lowest BCUT2D eigenvalue weighted by atomic mass is 10.3. The Morgan fingerprint density at radius 3 is 2.83 bits per heavy atom. The van der Waals surface area contributed by atoms with Crippen LogP contribution in [0.15, 0.2) is 12.4 Å². The molecule has 18 heavy (non-hydrogen) atoms. The first-order chi connectivity index (χ1) is 8.72. The Hall–Kier alpha value is -1.69. The van der Waals surface area contributed by atoms with Gasteiger partial charge in [-0.2, -0.15) is 20.1 Å². The largest absolute Gasteiger partial charge is 0.464 e. The number of halogens is 1. The monoisotopic (exact) mass is 267 g/mol. The molecule has 0 radical (unpaired) electrons. The molecule has 0 unspecified atom stereocenters. The van der Waals surface area contributed by atoms with Crippen LogP contribution in [0.5, 0.6) is 6.01 Å². The van der Waals surface area contributed by atoms with Crippen molar-refractivity contribution in [1.29, 1.82) is 0 Å². The minimum Gasteiger partial charge on any atom is -0.464 e. The summed E-state index contributed by atoms with van der Waals surface area (Å²) in [7, 11) is 0. The van der Waals surface area contributed by atoms with Crippen molar-refractivity contribution >= 4 is 11.6 Å². The van der Waals surface area contributed by atoms with Gasteiger partial charge < -0.3 is 4.74 Å². The Labute approximate surface area is 110 Å². The van der Waals surface area contributed by atoms with Crippen molar-refractivity contribution in [2.24, 2.45) is 0 Å². The van der Waals surface area contributed by atoms with Crippen molar-refractivity contribution in [2.75, 3.05) is 6.61 Å². The second-order valence-corrected chi connectivity index (χ2v) is 3.97. The molecule has 0 amide bonds. The first-order valence-electron chi connectivity index (χ1n) is 5.80. The van der Waals surface area contributed by atoms with E-state index < -0.39 is 0 Å². The van der Waals surface area contributed by atoms with Gasteiger partial charge in [-0.15, -0.1) is 0 Å². The summed E-state index contributed by atoms with van der Waals surface area (Å²) >= 11 is 5.83. The summed E-state index contributed by atoms with van der Waals surface area (Å²) in [4.78, 5) is 12.1. The van der Waals surface area contributed by atoms with Crippen LogP contribution in [-0.4, -0.2) is 31.3 Å².